The van der Waals surface area contributed by atoms with Crippen LogP contribution in [0.3, 0.4) is 0 Å². The molecular formula is C23H44. The lowest BCUT2D eigenvalue weighted by Gasteiger charge is -2.29. The second-order valence-corrected chi connectivity index (χ2v) is 6.49. The van der Waals surface area contributed by atoms with Crippen LogP contribution in [0.4, 0.5) is 0 Å². The molecular weight excluding hydrogens is 276 g/mol. The highest BCUT2D eigenvalue weighted by atomic mass is 14.3. The predicted octanol–water partition coefficient (Wildman–Crippen LogP) is 8.55. The van der Waals surface area contributed by atoms with Gasteiger partial charge < -0.3 is 0 Å². The van der Waals surface area contributed by atoms with Crippen LogP contribution in [0.5, 0.6) is 0 Å². The summed E-state index contributed by atoms with van der Waals surface area (Å²) in [5.74, 6) is 0. The average Bonchev–Trinajstić information content (AvgIpc) is 2.59. The fourth-order valence-electron chi connectivity index (χ4n) is 3.03. The molecule has 0 amide bonds. The Labute approximate surface area is 148 Å². The van der Waals surface area contributed by atoms with E-state index >= 15 is 0 Å². The van der Waals surface area contributed by atoms with Gasteiger partial charge in [0.05, 0.1) is 0 Å². The minimum absolute atomic E-state index is 0.394. The summed E-state index contributed by atoms with van der Waals surface area (Å²) in [5, 5.41) is 0. The zero-order valence-electron chi connectivity index (χ0n) is 17.3. The number of benzene rings is 1. The fourth-order valence-corrected chi connectivity index (χ4v) is 3.03. The van der Waals surface area contributed by atoms with Crippen LogP contribution in [0.2, 0.25) is 0 Å². The summed E-state index contributed by atoms with van der Waals surface area (Å²) in [5.41, 5.74) is 1.90. The van der Waals surface area contributed by atoms with E-state index < -0.39 is 0 Å². The standard InChI is InChI=1S/C14H22.C7H16.C2H6/c1-4-11-14(3,12-5-2)13-9-7-6-8-10-13;1-3-5-7-6-4-2;1-2/h6-10H,4-5,11-12H2,1-3H3;3-7H2,1-2H3;1-2H3. The Morgan fingerprint density at radius 3 is 1.43 bits per heavy atom. The molecule has 1 aromatic rings. The second kappa shape index (κ2) is 17.6. The van der Waals surface area contributed by atoms with Gasteiger partial charge in [-0.1, -0.05) is 124 Å². The van der Waals surface area contributed by atoms with E-state index in [0.29, 0.717) is 5.41 Å². The molecule has 0 nitrogen and oxygen atoms in total. The van der Waals surface area contributed by atoms with Gasteiger partial charge in [-0.15, -0.1) is 0 Å². The highest BCUT2D eigenvalue weighted by Gasteiger charge is 2.23. The van der Waals surface area contributed by atoms with Crippen molar-refractivity contribution in [2.45, 2.75) is 112 Å². The monoisotopic (exact) mass is 320 g/mol. The molecule has 0 N–H and O–H groups in total. The first-order valence-electron chi connectivity index (χ1n) is 10.2. The molecule has 0 aliphatic rings. The van der Waals surface area contributed by atoms with Gasteiger partial charge in [-0.3, -0.25) is 0 Å². The van der Waals surface area contributed by atoms with Crippen LogP contribution < -0.4 is 0 Å². The van der Waals surface area contributed by atoms with Crippen molar-refractivity contribution in [2.24, 2.45) is 0 Å². The first kappa shape index (κ1) is 24.5. The van der Waals surface area contributed by atoms with E-state index in [9.17, 15) is 0 Å². The van der Waals surface area contributed by atoms with Crippen LogP contribution in [0.15, 0.2) is 30.3 Å². The summed E-state index contributed by atoms with van der Waals surface area (Å²) < 4.78 is 0. The van der Waals surface area contributed by atoms with E-state index in [1.165, 1.54) is 63.4 Å². The molecule has 0 fully saturated rings. The van der Waals surface area contributed by atoms with Gasteiger partial charge in [0.25, 0.3) is 0 Å². The van der Waals surface area contributed by atoms with Crippen molar-refractivity contribution in [3.63, 3.8) is 0 Å². The molecule has 0 aliphatic carbocycles. The molecule has 0 aromatic heterocycles. The van der Waals surface area contributed by atoms with E-state index in [4.69, 9.17) is 0 Å². The molecule has 23 heavy (non-hydrogen) atoms. The molecule has 0 radical (unpaired) electrons. The number of hydrogen-bond donors (Lipinski definition) is 0. The van der Waals surface area contributed by atoms with Crippen molar-refractivity contribution in [2.75, 3.05) is 0 Å². The van der Waals surface area contributed by atoms with Crippen molar-refractivity contribution in [1.82, 2.24) is 0 Å². The zero-order chi connectivity index (χ0) is 18.0. The Hall–Kier alpha value is -0.780. The van der Waals surface area contributed by atoms with Gasteiger partial charge in [0, 0.05) is 0 Å². The van der Waals surface area contributed by atoms with Gasteiger partial charge in [0.2, 0.25) is 0 Å². The predicted molar refractivity (Wildman–Crippen MR) is 109 cm³/mol. The largest absolute Gasteiger partial charge is 0.0683 e. The molecule has 136 valence electrons. The quantitative estimate of drug-likeness (QED) is 0.400. The molecule has 0 unspecified atom stereocenters. The van der Waals surface area contributed by atoms with Crippen molar-refractivity contribution in [3.8, 4) is 0 Å². The third kappa shape index (κ3) is 12.3. The lowest BCUT2D eigenvalue weighted by molar-refractivity contribution is 0.392. The van der Waals surface area contributed by atoms with Crippen LogP contribution in [0, 0.1) is 0 Å². The highest BCUT2D eigenvalue weighted by molar-refractivity contribution is 5.24. The maximum Gasteiger partial charge on any atom is -0.00755 e. The first-order chi connectivity index (χ1) is 11.1. The Bertz CT molecular complexity index is 302. The summed E-state index contributed by atoms with van der Waals surface area (Å²) in [6.45, 7) is 15.4. The summed E-state index contributed by atoms with van der Waals surface area (Å²) in [4.78, 5) is 0. The SMILES string of the molecule is CC.CCCC(C)(CCC)c1ccccc1.CCCCCCC. The molecule has 1 aromatic carbocycles. The second-order valence-electron chi connectivity index (χ2n) is 6.49. The number of unbranched alkanes of at least 4 members (excludes halogenated alkanes) is 4. The molecule has 0 saturated carbocycles. The van der Waals surface area contributed by atoms with Gasteiger partial charge in [-0.05, 0) is 23.8 Å². The molecule has 0 atom stereocenters. The maximum absolute atomic E-state index is 2.40. The van der Waals surface area contributed by atoms with Crippen molar-refractivity contribution < 1.29 is 0 Å². The third-order valence-corrected chi connectivity index (χ3v) is 4.28. The van der Waals surface area contributed by atoms with E-state index in [1.807, 2.05) is 13.8 Å². The van der Waals surface area contributed by atoms with Gasteiger partial charge in [-0.2, -0.15) is 0 Å². The third-order valence-electron chi connectivity index (χ3n) is 4.28. The van der Waals surface area contributed by atoms with Crippen molar-refractivity contribution in [3.05, 3.63) is 35.9 Å². The van der Waals surface area contributed by atoms with E-state index in [0.717, 1.165) is 0 Å². The molecule has 1 rings (SSSR count). The van der Waals surface area contributed by atoms with E-state index in [1.54, 1.807) is 0 Å². The minimum Gasteiger partial charge on any atom is -0.0683 e. The lowest BCUT2D eigenvalue weighted by atomic mass is 9.75. The molecule has 0 saturated heterocycles. The van der Waals surface area contributed by atoms with Crippen LogP contribution in [0.1, 0.15) is 112 Å². The summed E-state index contributed by atoms with van der Waals surface area (Å²) >= 11 is 0. The fraction of sp³-hybridized carbons (Fsp3) is 0.739. The van der Waals surface area contributed by atoms with Gasteiger partial charge in [0.1, 0.15) is 0 Å². The first-order valence-corrected chi connectivity index (χ1v) is 10.2. The summed E-state index contributed by atoms with van der Waals surface area (Å²) in [6.07, 6.45) is 12.1. The number of hydrogen-bond acceptors (Lipinski definition) is 0. The Morgan fingerprint density at radius 2 is 1.09 bits per heavy atom. The van der Waals surface area contributed by atoms with E-state index in [-0.39, 0.29) is 0 Å². The summed E-state index contributed by atoms with van der Waals surface area (Å²) in [6, 6.07) is 10.9. The topological polar surface area (TPSA) is 0 Å². The molecule has 0 bridgehead atoms. The van der Waals surface area contributed by atoms with Gasteiger partial charge in [-0.25, -0.2) is 0 Å². The van der Waals surface area contributed by atoms with Gasteiger partial charge in [0.15, 0.2) is 0 Å². The lowest BCUT2D eigenvalue weighted by Crippen LogP contribution is -2.21. The Kier molecular flexibility index (Phi) is 18.7. The van der Waals surface area contributed by atoms with Crippen molar-refractivity contribution in [1.29, 1.82) is 0 Å². The summed E-state index contributed by atoms with van der Waals surface area (Å²) in [7, 11) is 0. The highest BCUT2D eigenvalue weighted by Crippen LogP contribution is 2.33. The average molecular weight is 321 g/mol. The van der Waals surface area contributed by atoms with Gasteiger partial charge >= 0.3 is 0 Å². The van der Waals surface area contributed by atoms with Crippen LogP contribution in [-0.4, -0.2) is 0 Å². The normalized spacial score (nSPS) is 10.2. The van der Waals surface area contributed by atoms with Crippen LogP contribution in [-0.2, 0) is 5.41 Å². The minimum atomic E-state index is 0.394. The molecule has 0 aliphatic heterocycles. The molecule has 0 heterocycles. The maximum atomic E-state index is 2.40. The smallest absolute Gasteiger partial charge is 0.00755 e. The Balaban J connectivity index is 0. The van der Waals surface area contributed by atoms with Crippen LogP contribution in [0.25, 0.3) is 0 Å². The Morgan fingerprint density at radius 1 is 0.652 bits per heavy atom. The molecule has 0 spiro atoms. The zero-order valence-corrected chi connectivity index (χ0v) is 17.3. The van der Waals surface area contributed by atoms with Crippen molar-refractivity contribution >= 4 is 0 Å². The number of rotatable bonds is 9. The molecule has 0 heteroatoms. The van der Waals surface area contributed by atoms with Crippen LogP contribution >= 0.6 is 0 Å². The van der Waals surface area contributed by atoms with E-state index in [2.05, 4.69) is 65.0 Å².